The largest absolute Gasteiger partial charge is 0.456 e. The van der Waals surface area contributed by atoms with Crippen LogP contribution in [0, 0.1) is 0 Å². The topological polar surface area (TPSA) is 42.4 Å². The molecule has 0 fully saturated rings. The number of rotatable bonds is 5. The third-order valence-corrected chi connectivity index (χ3v) is 8.46. The smallest absolute Gasteiger partial charge is 0.227 e. The number of hydrogen-bond donors (Lipinski definition) is 0. The zero-order valence-electron chi connectivity index (χ0n) is 24.2. The van der Waals surface area contributed by atoms with Crippen LogP contribution in [0.4, 0.5) is 17.1 Å². The molecule has 0 atom stereocenters. The van der Waals surface area contributed by atoms with Gasteiger partial charge in [-0.25, -0.2) is 4.98 Å². The normalized spacial score (nSPS) is 11.6. The Morgan fingerprint density at radius 1 is 0.400 bits per heavy atom. The summed E-state index contributed by atoms with van der Waals surface area (Å²) in [6, 6.07) is 54.7. The molecule has 9 rings (SSSR count). The summed E-state index contributed by atoms with van der Waals surface area (Å²) < 4.78 is 12.5. The van der Waals surface area contributed by atoms with Crippen molar-refractivity contribution >= 4 is 60.9 Å². The third-order valence-electron chi connectivity index (χ3n) is 8.46. The lowest BCUT2D eigenvalue weighted by molar-refractivity contribution is 0.620. The van der Waals surface area contributed by atoms with Crippen molar-refractivity contribution in [2.24, 2.45) is 0 Å². The first-order valence-electron chi connectivity index (χ1n) is 15.0. The first kappa shape index (κ1) is 25.4. The van der Waals surface area contributed by atoms with Crippen LogP contribution in [0.1, 0.15) is 0 Å². The van der Waals surface area contributed by atoms with Gasteiger partial charge in [0.2, 0.25) is 5.89 Å². The minimum absolute atomic E-state index is 0.602. The third kappa shape index (κ3) is 4.43. The monoisotopic (exact) mass is 578 g/mol. The van der Waals surface area contributed by atoms with E-state index in [0.29, 0.717) is 5.89 Å². The quantitative estimate of drug-likeness (QED) is 0.204. The van der Waals surface area contributed by atoms with E-state index in [9.17, 15) is 0 Å². The van der Waals surface area contributed by atoms with Crippen LogP contribution in [0.5, 0.6) is 0 Å². The molecule has 0 radical (unpaired) electrons. The molecular formula is C41H26N2O2. The molecule has 4 heteroatoms. The molecule has 0 spiro atoms. The zero-order valence-corrected chi connectivity index (χ0v) is 24.2. The van der Waals surface area contributed by atoms with Crippen molar-refractivity contribution in [2.45, 2.75) is 0 Å². The molecule has 0 saturated heterocycles. The van der Waals surface area contributed by atoms with Crippen LogP contribution in [0.15, 0.2) is 167 Å². The average molecular weight is 579 g/mol. The van der Waals surface area contributed by atoms with Crippen molar-refractivity contribution in [1.82, 2.24) is 4.98 Å². The molecule has 45 heavy (non-hydrogen) atoms. The molecule has 2 aromatic heterocycles. The molecule has 0 N–H and O–H groups in total. The van der Waals surface area contributed by atoms with E-state index in [1.807, 2.05) is 48.5 Å². The standard InChI is InChI=1S/C41H26N2O2/c1-3-10-29(11-4-1)41-42-37-26-39-36(25-40(37)45-41)35-24-34(21-22-38(35)44-39)43(32-13-5-2-6-14-32)33-19-17-28(18-20-33)31-16-15-27-9-7-8-12-30(27)23-31/h1-26H. The molecule has 0 unspecified atom stereocenters. The predicted octanol–water partition coefficient (Wildman–Crippen LogP) is 11.7. The van der Waals surface area contributed by atoms with Gasteiger partial charge in [-0.2, -0.15) is 0 Å². The molecule has 0 aliphatic rings. The van der Waals surface area contributed by atoms with Gasteiger partial charge >= 0.3 is 0 Å². The SMILES string of the molecule is c1ccc(-c2nc3cc4oc5ccc(N(c6ccccc6)c6ccc(-c7ccc8ccccc8c7)cc6)cc5c4cc3o2)cc1. The van der Waals surface area contributed by atoms with Crippen molar-refractivity contribution < 1.29 is 8.83 Å². The van der Waals surface area contributed by atoms with Crippen LogP contribution in [0.3, 0.4) is 0 Å². The minimum atomic E-state index is 0.602. The van der Waals surface area contributed by atoms with Crippen LogP contribution in [0.2, 0.25) is 0 Å². The summed E-state index contributed by atoms with van der Waals surface area (Å²) in [7, 11) is 0. The maximum Gasteiger partial charge on any atom is 0.227 e. The molecule has 0 aliphatic heterocycles. The number of oxazole rings is 1. The van der Waals surface area contributed by atoms with Crippen molar-refractivity contribution in [3.05, 3.63) is 158 Å². The fourth-order valence-corrected chi connectivity index (χ4v) is 6.22. The van der Waals surface area contributed by atoms with Crippen molar-refractivity contribution in [1.29, 1.82) is 0 Å². The first-order valence-corrected chi connectivity index (χ1v) is 15.0. The molecule has 212 valence electrons. The Bertz CT molecular complexity index is 2480. The highest BCUT2D eigenvalue weighted by Gasteiger charge is 2.17. The van der Waals surface area contributed by atoms with Crippen LogP contribution in [-0.2, 0) is 0 Å². The summed E-state index contributed by atoms with van der Waals surface area (Å²) in [5, 5.41) is 4.51. The van der Waals surface area contributed by atoms with Gasteiger partial charge in [0.15, 0.2) is 5.58 Å². The van der Waals surface area contributed by atoms with Crippen LogP contribution in [-0.4, -0.2) is 4.98 Å². The number of nitrogens with zero attached hydrogens (tertiary/aromatic N) is 2. The molecule has 7 aromatic carbocycles. The van der Waals surface area contributed by atoms with Crippen LogP contribution < -0.4 is 4.90 Å². The van der Waals surface area contributed by atoms with Gasteiger partial charge in [-0.15, -0.1) is 0 Å². The second-order valence-electron chi connectivity index (χ2n) is 11.3. The van der Waals surface area contributed by atoms with Crippen molar-refractivity contribution in [3.8, 4) is 22.6 Å². The molecular weight excluding hydrogens is 552 g/mol. The van der Waals surface area contributed by atoms with Gasteiger partial charge < -0.3 is 13.7 Å². The lowest BCUT2D eigenvalue weighted by Gasteiger charge is -2.25. The van der Waals surface area contributed by atoms with Crippen molar-refractivity contribution in [2.75, 3.05) is 4.90 Å². The Morgan fingerprint density at radius 2 is 1.07 bits per heavy atom. The fraction of sp³-hybridized carbons (Fsp3) is 0. The molecule has 9 aromatic rings. The summed E-state index contributed by atoms with van der Waals surface area (Å²) in [5.41, 5.74) is 9.64. The lowest BCUT2D eigenvalue weighted by atomic mass is 10.0. The highest BCUT2D eigenvalue weighted by molar-refractivity contribution is 6.10. The van der Waals surface area contributed by atoms with Gasteiger partial charge in [0.05, 0.1) is 0 Å². The molecule has 0 bridgehead atoms. The van der Waals surface area contributed by atoms with E-state index in [2.05, 4.69) is 114 Å². The Labute approximate surface area is 259 Å². The highest BCUT2D eigenvalue weighted by atomic mass is 16.4. The maximum absolute atomic E-state index is 6.32. The second kappa shape index (κ2) is 10.2. The van der Waals surface area contributed by atoms with Gasteiger partial charge in [-0.3, -0.25) is 0 Å². The summed E-state index contributed by atoms with van der Waals surface area (Å²) in [4.78, 5) is 7.02. The van der Waals surface area contributed by atoms with Gasteiger partial charge in [0, 0.05) is 39.5 Å². The number of para-hydroxylation sites is 1. The highest BCUT2D eigenvalue weighted by Crippen LogP contribution is 2.40. The van der Waals surface area contributed by atoms with E-state index in [1.54, 1.807) is 0 Å². The Kier molecular flexibility index (Phi) is 5.78. The Balaban J connectivity index is 1.14. The molecule has 0 amide bonds. The van der Waals surface area contributed by atoms with E-state index < -0.39 is 0 Å². The fourth-order valence-electron chi connectivity index (χ4n) is 6.22. The minimum Gasteiger partial charge on any atom is -0.456 e. The molecule has 4 nitrogen and oxygen atoms in total. The van der Waals surface area contributed by atoms with E-state index in [-0.39, 0.29) is 0 Å². The molecule has 2 heterocycles. The van der Waals surface area contributed by atoms with Gasteiger partial charge in [0.25, 0.3) is 0 Å². The van der Waals surface area contributed by atoms with E-state index in [4.69, 9.17) is 13.8 Å². The van der Waals surface area contributed by atoms with Gasteiger partial charge in [-0.05, 0) is 88.6 Å². The second-order valence-corrected chi connectivity index (χ2v) is 11.3. The van der Waals surface area contributed by atoms with Gasteiger partial charge in [-0.1, -0.05) is 84.9 Å². The van der Waals surface area contributed by atoms with Crippen molar-refractivity contribution in [3.63, 3.8) is 0 Å². The number of benzene rings is 7. The number of furan rings is 1. The summed E-state index contributed by atoms with van der Waals surface area (Å²) in [5.74, 6) is 0.602. The number of fused-ring (bicyclic) bond motifs is 5. The Hall–Kier alpha value is -6.13. The number of aromatic nitrogens is 1. The average Bonchev–Trinajstić information content (AvgIpc) is 3.69. The zero-order chi connectivity index (χ0) is 29.7. The number of anilines is 3. The summed E-state index contributed by atoms with van der Waals surface area (Å²) in [6.45, 7) is 0. The summed E-state index contributed by atoms with van der Waals surface area (Å²) in [6.07, 6.45) is 0. The summed E-state index contributed by atoms with van der Waals surface area (Å²) >= 11 is 0. The van der Waals surface area contributed by atoms with E-state index in [1.165, 1.54) is 21.9 Å². The lowest BCUT2D eigenvalue weighted by Crippen LogP contribution is -2.09. The Morgan fingerprint density at radius 3 is 1.89 bits per heavy atom. The van der Waals surface area contributed by atoms with Gasteiger partial charge in [0.1, 0.15) is 16.7 Å². The number of hydrogen-bond acceptors (Lipinski definition) is 4. The van der Waals surface area contributed by atoms with Crippen LogP contribution in [0.25, 0.3) is 66.4 Å². The molecule has 0 saturated carbocycles. The first-order chi connectivity index (χ1) is 22.3. The maximum atomic E-state index is 6.32. The van der Waals surface area contributed by atoms with Crippen LogP contribution >= 0.6 is 0 Å². The van der Waals surface area contributed by atoms with E-state index >= 15 is 0 Å². The molecule has 0 aliphatic carbocycles. The predicted molar refractivity (Wildman–Crippen MR) is 184 cm³/mol. The van der Waals surface area contributed by atoms with E-state index in [0.717, 1.165) is 55.7 Å².